The molecule has 0 N–H and O–H groups in total. The van der Waals surface area contributed by atoms with Crippen LogP contribution in [0, 0.1) is 0 Å². The van der Waals surface area contributed by atoms with Crippen molar-refractivity contribution >= 4 is 5.57 Å². The molecule has 0 nitrogen and oxygen atoms in total. The van der Waals surface area contributed by atoms with Gasteiger partial charge in [-0.25, -0.2) is 0 Å². The lowest BCUT2D eigenvalue weighted by Crippen LogP contribution is -1.90. The van der Waals surface area contributed by atoms with Crippen LogP contribution >= 0.6 is 0 Å². The number of hydrogen-bond acceptors (Lipinski definition) is 0. The van der Waals surface area contributed by atoms with Gasteiger partial charge in [-0.1, -0.05) is 86.5 Å². The van der Waals surface area contributed by atoms with Crippen LogP contribution in [-0.2, 0) is 0 Å². The van der Waals surface area contributed by atoms with Gasteiger partial charge in [-0.15, -0.1) is 0 Å². The fraction of sp³-hybridized carbons (Fsp3) is 0.0526. The maximum Gasteiger partial charge on any atom is -0.0112 e. The molecule has 1 rings (SSSR count). The summed E-state index contributed by atoms with van der Waals surface area (Å²) >= 11 is 0. The molecule has 0 bridgehead atoms. The van der Waals surface area contributed by atoms with Gasteiger partial charge in [-0.2, -0.15) is 0 Å². The molecule has 96 valence electrons. The molecular weight excluding hydrogens is 228 g/mol. The molecule has 0 aromatic heterocycles. The highest BCUT2D eigenvalue weighted by Gasteiger charge is 2.06. The van der Waals surface area contributed by atoms with Crippen LogP contribution < -0.4 is 0 Å². The molecule has 0 unspecified atom stereocenters. The lowest BCUT2D eigenvalue weighted by molar-refractivity contribution is 1.51. The van der Waals surface area contributed by atoms with Crippen molar-refractivity contribution in [2.45, 2.75) is 6.92 Å². The summed E-state index contributed by atoms with van der Waals surface area (Å²) in [5.41, 5.74) is 4.90. The van der Waals surface area contributed by atoms with Gasteiger partial charge in [0.05, 0.1) is 0 Å². The van der Waals surface area contributed by atoms with Gasteiger partial charge in [0.25, 0.3) is 0 Å². The summed E-state index contributed by atoms with van der Waals surface area (Å²) < 4.78 is 0. The second kappa shape index (κ2) is 7.17. The molecule has 1 aromatic carbocycles. The van der Waals surface area contributed by atoms with Gasteiger partial charge in [-0.3, -0.25) is 0 Å². The smallest absolute Gasteiger partial charge is 0.0112 e. The fourth-order valence-corrected chi connectivity index (χ4v) is 1.62. The molecule has 0 atom stereocenters. The maximum absolute atomic E-state index is 4.13. The van der Waals surface area contributed by atoms with Crippen LogP contribution in [0.15, 0.2) is 97.7 Å². The summed E-state index contributed by atoms with van der Waals surface area (Å²) in [4.78, 5) is 0. The van der Waals surface area contributed by atoms with E-state index in [-0.39, 0.29) is 0 Å². The standard InChI is InChI=1S/C19H20/c1-6-10-19(18-11-8-7-9-12-18)17(5)16(4)14-13-15(2)3/h6-14H,1-2,4-5H2,3H3/b14-13-,19-10+. The van der Waals surface area contributed by atoms with Gasteiger partial charge in [0.2, 0.25) is 0 Å². The summed E-state index contributed by atoms with van der Waals surface area (Å²) in [6.07, 6.45) is 7.59. The third kappa shape index (κ3) is 4.44. The van der Waals surface area contributed by atoms with Gasteiger partial charge in [-0.05, 0) is 29.2 Å². The Kier molecular flexibility index (Phi) is 5.56. The first-order valence-corrected chi connectivity index (χ1v) is 6.16. The average molecular weight is 248 g/mol. The minimum atomic E-state index is 0.875. The molecule has 0 radical (unpaired) electrons. The van der Waals surface area contributed by atoms with E-state index >= 15 is 0 Å². The molecule has 1 aromatic rings. The first-order chi connectivity index (χ1) is 9.06. The number of allylic oxidation sites excluding steroid dienone is 8. The molecule has 0 heterocycles. The van der Waals surface area contributed by atoms with Crippen LogP contribution in [0.4, 0.5) is 0 Å². The Morgan fingerprint density at radius 2 is 1.63 bits per heavy atom. The first-order valence-electron chi connectivity index (χ1n) is 6.16. The van der Waals surface area contributed by atoms with Gasteiger partial charge in [0.1, 0.15) is 0 Å². The van der Waals surface area contributed by atoms with E-state index in [1.165, 1.54) is 0 Å². The second-order valence-corrected chi connectivity index (χ2v) is 4.37. The van der Waals surface area contributed by atoms with E-state index in [4.69, 9.17) is 0 Å². The largest absolute Gasteiger partial charge is 0.0990 e. The van der Waals surface area contributed by atoms with Crippen LogP contribution in [0.3, 0.4) is 0 Å². The van der Waals surface area contributed by atoms with E-state index < -0.39 is 0 Å². The number of benzene rings is 1. The van der Waals surface area contributed by atoms with Crippen molar-refractivity contribution in [2.24, 2.45) is 0 Å². The Morgan fingerprint density at radius 1 is 1.00 bits per heavy atom. The molecule has 0 fully saturated rings. The van der Waals surface area contributed by atoms with Gasteiger partial charge in [0, 0.05) is 0 Å². The van der Waals surface area contributed by atoms with Gasteiger partial charge >= 0.3 is 0 Å². The molecular formula is C19H20. The maximum atomic E-state index is 4.13. The Hall–Kier alpha value is -2.34. The Labute approximate surface area is 116 Å². The third-order valence-corrected chi connectivity index (χ3v) is 2.65. The van der Waals surface area contributed by atoms with Crippen LogP contribution in [-0.4, -0.2) is 0 Å². The highest BCUT2D eigenvalue weighted by Crippen LogP contribution is 2.27. The van der Waals surface area contributed by atoms with Crippen LogP contribution in [0.1, 0.15) is 12.5 Å². The monoisotopic (exact) mass is 248 g/mol. The van der Waals surface area contributed by atoms with Crippen molar-refractivity contribution in [3.63, 3.8) is 0 Å². The Morgan fingerprint density at radius 3 is 2.16 bits per heavy atom. The van der Waals surface area contributed by atoms with Crippen molar-refractivity contribution in [1.29, 1.82) is 0 Å². The molecule has 19 heavy (non-hydrogen) atoms. The average Bonchev–Trinajstić information content (AvgIpc) is 2.42. The SMILES string of the molecule is C=C/C=C(\C(=C)C(=C)/C=C\C(=C)C)c1ccccc1. The minimum Gasteiger partial charge on any atom is -0.0990 e. The molecule has 0 aliphatic rings. The molecule has 0 amide bonds. The molecule has 0 aliphatic heterocycles. The molecule has 0 aliphatic carbocycles. The van der Waals surface area contributed by atoms with Crippen LogP contribution in [0.2, 0.25) is 0 Å². The zero-order valence-corrected chi connectivity index (χ0v) is 11.5. The second-order valence-electron chi connectivity index (χ2n) is 4.37. The summed E-state index contributed by atoms with van der Waals surface area (Å²) in [5.74, 6) is 0. The summed E-state index contributed by atoms with van der Waals surface area (Å²) in [5, 5.41) is 0. The van der Waals surface area contributed by atoms with Gasteiger partial charge < -0.3 is 0 Å². The summed E-state index contributed by atoms with van der Waals surface area (Å²) in [7, 11) is 0. The molecule has 0 saturated carbocycles. The van der Waals surface area contributed by atoms with E-state index in [1.54, 1.807) is 6.08 Å². The normalized spacial score (nSPS) is 11.3. The van der Waals surface area contributed by atoms with E-state index in [0.717, 1.165) is 27.9 Å². The van der Waals surface area contributed by atoms with Crippen molar-refractivity contribution in [2.75, 3.05) is 0 Å². The van der Waals surface area contributed by atoms with Crippen LogP contribution in [0.5, 0.6) is 0 Å². The van der Waals surface area contributed by atoms with Crippen molar-refractivity contribution in [3.05, 3.63) is 103 Å². The van der Waals surface area contributed by atoms with Crippen molar-refractivity contribution < 1.29 is 0 Å². The van der Waals surface area contributed by atoms with Crippen LogP contribution in [0.25, 0.3) is 5.57 Å². The lowest BCUT2D eigenvalue weighted by Gasteiger charge is -2.11. The summed E-state index contributed by atoms with van der Waals surface area (Å²) in [6.45, 7) is 17.7. The van der Waals surface area contributed by atoms with Crippen molar-refractivity contribution in [3.8, 4) is 0 Å². The minimum absolute atomic E-state index is 0.875. The molecule has 0 heteroatoms. The van der Waals surface area contributed by atoms with Crippen molar-refractivity contribution in [1.82, 2.24) is 0 Å². The fourth-order valence-electron chi connectivity index (χ4n) is 1.62. The molecule has 0 saturated heterocycles. The highest BCUT2D eigenvalue weighted by atomic mass is 14.1. The third-order valence-electron chi connectivity index (χ3n) is 2.65. The Balaban J connectivity index is 3.05. The quantitative estimate of drug-likeness (QED) is 0.583. The van der Waals surface area contributed by atoms with E-state index in [0.29, 0.717) is 0 Å². The predicted octanol–water partition coefficient (Wildman–Crippen LogP) is 5.50. The van der Waals surface area contributed by atoms with E-state index in [1.807, 2.05) is 43.4 Å². The first kappa shape index (κ1) is 14.7. The zero-order valence-electron chi connectivity index (χ0n) is 11.5. The van der Waals surface area contributed by atoms with E-state index in [2.05, 4.69) is 38.4 Å². The van der Waals surface area contributed by atoms with E-state index in [9.17, 15) is 0 Å². The van der Waals surface area contributed by atoms with Gasteiger partial charge in [0.15, 0.2) is 0 Å². The number of hydrogen-bond donors (Lipinski definition) is 0. The lowest BCUT2D eigenvalue weighted by atomic mass is 9.93. The number of rotatable bonds is 6. The predicted molar refractivity (Wildman–Crippen MR) is 86.9 cm³/mol. The molecule has 0 spiro atoms. The topological polar surface area (TPSA) is 0 Å². The highest BCUT2D eigenvalue weighted by molar-refractivity contribution is 5.84. The summed E-state index contributed by atoms with van der Waals surface area (Å²) in [6, 6.07) is 10.1. The Bertz CT molecular complexity index is 551. The zero-order chi connectivity index (χ0) is 14.3.